The summed E-state index contributed by atoms with van der Waals surface area (Å²) < 4.78 is 19.6. The number of hydrogen-bond donors (Lipinski definition) is 2. The van der Waals surface area contributed by atoms with Gasteiger partial charge in [0.05, 0.1) is 25.7 Å². The van der Waals surface area contributed by atoms with Crippen LogP contribution in [0.1, 0.15) is 16.2 Å². The summed E-state index contributed by atoms with van der Waals surface area (Å²) in [6, 6.07) is 7.29. The van der Waals surface area contributed by atoms with Gasteiger partial charge in [0.15, 0.2) is 0 Å². The first-order valence-corrected chi connectivity index (χ1v) is 9.12. The van der Waals surface area contributed by atoms with Gasteiger partial charge in [-0.1, -0.05) is 22.8 Å². The molecule has 2 aromatic carbocycles. The Morgan fingerprint density at radius 2 is 2.04 bits per heavy atom. The first-order chi connectivity index (χ1) is 12.9. The fourth-order valence-corrected chi connectivity index (χ4v) is 3.47. The molecule has 0 bridgehead atoms. The van der Waals surface area contributed by atoms with Crippen LogP contribution in [0.5, 0.6) is 5.75 Å². The number of aromatic hydroxyl groups is 1. The summed E-state index contributed by atoms with van der Waals surface area (Å²) >= 11 is 12.3. The fraction of sp³-hybridized carbons (Fsp3) is 0. The topological polar surface area (TPSA) is 101 Å². The lowest BCUT2D eigenvalue weighted by atomic mass is 10.2. The van der Waals surface area contributed by atoms with Gasteiger partial charge in [-0.05, 0) is 61.7 Å². The normalized spacial score (nSPS) is 11.1. The van der Waals surface area contributed by atoms with Crippen LogP contribution in [0, 0.1) is 5.82 Å². The number of phenolic OH excluding ortho intramolecular Hbond substituents is 1. The highest BCUT2D eigenvalue weighted by Gasteiger charge is 2.19. The molecule has 27 heavy (non-hydrogen) atoms. The Morgan fingerprint density at radius 3 is 2.70 bits per heavy atom. The molecule has 0 fully saturated rings. The molecule has 7 nitrogen and oxygen atoms in total. The molecular formula is C16H8Br2ClFN4O3. The summed E-state index contributed by atoms with van der Waals surface area (Å²) in [5.74, 6) is -1.94. The maximum absolute atomic E-state index is 13.9. The smallest absolute Gasteiger partial charge is 0.329 e. The molecule has 1 amide bonds. The molecule has 138 valence electrons. The Kier molecular flexibility index (Phi) is 5.88. The third-order valence-electron chi connectivity index (χ3n) is 3.23. The molecule has 11 heteroatoms. The molecule has 0 saturated heterocycles. The Balaban J connectivity index is 1.74. The van der Waals surface area contributed by atoms with Crippen molar-refractivity contribution in [2.24, 2.45) is 5.10 Å². The van der Waals surface area contributed by atoms with Crippen molar-refractivity contribution in [2.45, 2.75) is 0 Å². The number of halogens is 4. The van der Waals surface area contributed by atoms with Crippen LogP contribution in [0.4, 0.5) is 4.39 Å². The molecule has 0 saturated carbocycles. The number of benzene rings is 2. The van der Waals surface area contributed by atoms with Crippen molar-refractivity contribution in [2.75, 3.05) is 0 Å². The van der Waals surface area contributed by atoms with Gasteiger partial charge in [0, 0.05) is 0 Å². The largest absolute Gasteiger partial charge is 0.506 e. The summed E-state index contributed by atoms with van der Waals surface area (Å²) in [6.07, 6.45) is 1.35. The number of carbonyl (C=O) groups excluding carboxylic acids is 1. The van der Waals surface area contributed by atoms with Gasteiger partial charge < -0.3 is 9.63 Å². The van der Waals surface area contributed by atoms with E-state index in [2.05, 4.69) is 52.5 Å². The van der Waals surface area contributed by atoms with Crippen molar-refractivity contribution in [1.29, 1.82) is 0 Å². The standard InChI is InChI=1S/C16H8Br2ClFN4O3/c17-8-4-7(5-9(18)13(8)25)6-21-23-15(26)16-22-14(24-27-16)12-10(19)2-1-3-11(12)20/h1-6,25H,(H,23,26). The van der Waals surface area contributed by atoms with E-state index in [1.165, 1.54) is 24.4 Å². The second kappa shape index (κ2) is 8.15. The number of hydrogen-bond acceptors (Lipinski definition) is 6. The van der Waals surface area contributed by atoms with Crippen molar-refractivity contribution < 1.29 is 18.8 Å². The molecule has 0 radical (unpaired) electrons. The lowest BCUT2D eigenvalue weighted by molar-refractivity contribution is 0.0911. The minimum absolute atomic E-state index is 0.0429. The van der Waals surface area contributed by atoms with Gasteiger partial charge >= 0.3 is 11.8 Å². The zero-order valence-corrected chi connectivity index (χ0v) is 17.0. The van der Waals surface area contributed by atoms with E-state index >= 15 is 0 Å². The van der Waals surface area contributed by atoms with Crippen LogP contribution >= 0.6 is 43.5 Å². The van der Waals surface area contributed by atoms with E-state index in [1.54, 1.807) is 12.1 Å². The zero-order chi connectivity index (χ0) is 19.6. The number of amides is 1. The van der Waals surface area contributed by atoms with Crippen LogP contribution in [-0.2, 0) is 0 Å². The van der Waals surface area contributed by atoms with Gasteiger partial charge in [0.2, 0.25) is 5.82 Å². The van der Waals surface area contributed by atoms with Crippen LogP contribution in [0.2, 0.25) is 5.02 Å². The van der Waals surface area contributed by atoms with Gasteiger partial charge in [-0.15, -0.1) is 0 Å². The molecule has 0 spiro atoms. The van der Waals surface area contributed by atoms with Crippen LogP contribution in [0.25, 0.3) is 11.4 Å². The van der Waals surface area contributed by atoms with E-state index in [-0.39, 0.29) is 22.2 Å². The van der Waals surface area contributed by atoms with Gasteiger partial charge in [-0.25, -0.2) is 9.82 Å². The molecule has 1 aromatic heterocycles. The molecule has 0 aliphatic carbocycles. The quantitative estimate of drug-likeness (QED) is 0.391. The number of nitrogens with zero attached hydrogens (tertiary/aromatic N) is 3. The highest BCUT2D eigenvalue weighted by atomic mass is 79.9. The van der Waals surface area contributed by atoms with E-state index in [0.29, 0.717) is 14.5 Å². The minimum Gasteiger partial charge on any atom is -0.506 e. The predicted molar refractivity (Wildman–Crippen MR) is 103 cm³/mol. The van der Waals surface area contributed by atoms with Crippen molar-refractivity contribution in [1.82, 2.24) is 15.6 Å². The van der Waals surface area contributed by atoms with Gasteiger partial charge in [-0.2, -0.15) is 10.1 Å². The lowest BCUT2D eigenvalue weighted by Gasteiger charge is -2.01. The molecule has 0 aliphatic rings. The fourth-order valence-electron chi connectivity index (χ4n) is 2.00. The molecule has 3 aromatic rings. The highest BCUT2D eigenvalue weighted by Crippen LogP contribution is 2.32. The van der Waals surface area contributed by atoms with E-state index in [0.717, 1.165) is 0 Å². The van der Waals surface area contributed by atoms with Crippen LogP contribution in [0.3, 0.4) is 0 Å². The molecule has 3 rings (SSSR count). The van der Waals surface area contributed by atoms with E-state index in [1.807, 2.05) is 0 Å². The lowest BCUT2D eigenvalue weighted by Crippen LogP contribution is -2.18. The highest BCUT2D eigenvalue weighted by molar-refractivity contribution is 9.11. The Labute approximate surface area is 173 Å². The first-order valence-electron chi connectivity index (χ1n) is 7.16. The Bertz CT molecular complexity index is 1010. The maximum Gasteiger partial charge on any atom is 0.329 e. The van der Waals surface area contributed by atoms with E-state index in [9.17, 15) is 14.3 Å². The number of phenols is 1. The minimum atomic E-state index is -0.783. The van der Waals surface area contributed by atoms with Crippen molar-refractivity contribution in [3.05, 3.63) is 61.6 Å². The summed E-state index contributed by atoms with van der Waals surface area (Å²) in [6.45, 7) is 0. The summed E-state index contributed by atoms with van der Waals surface area (Å²) in [4.78, 5) is 15.9. The van der Waals surface area contributed by atoms with Gasteiger partial charge in [0.1, 0.15) is 11.6 Å². The second-order valence-electron chi connectivity index (χ2n) is 5.05. The summed E-state index contributed by atoms with van der Waals surface area (Å²) in [5, 5.41) is 17.1. The maximum atomic E-state index is 13.9. The van der Waals surface area contributed by atoms with Gasteiger partial charge in [0.25, 0.3) is 0 Å². The Morgan fingerprint density at radius 1 is 1.33 bits per heavy atom. The van der Waals surface area contributed by atoms with Crippen LogP contribution in [-0.4, -0.2) is 27.4 Å². The van der Waals surface area contributed by atoms with E-state index < -0.39 is 17.6 Å². The first kappa shape index (κ1) is 19.5. The molecule has 0 unspecified atom stereocenters. The van der Waals surface area contributed by atoms with Crippen molar-refractivity contribution in [3.8, 4) is 17.1 Å². The number of nitrogens with one attached hydrogen (secondary N) is 1. The predicted octanol–water partition coefficient (Wildman–Crippen LogP) is 4.52. The summed E-state index contributed by atoms with van der Waals surface area (Å²) in [5.41, 5.74) is 2.74. The molecule has 2 N–H and O–H groups in total. The van der Waals surface area contributed by atoms with Gasteiger partial charge in [-0.3, -0.25) is 4.79 Å². The van der Waals surface area contributed by atoms with Crippen molar-refractivity contribution >= 4 is 55.6 Å². The number of rotatable bonds is 4. The second-order valence-corrected chi connectivity index (χ2v) is 7.17. The average molecular weight is 519 g/mol. The summed E-state index contributed by atoms with van der Waals surface area (Å²) in [7, 11) is 0. The monoisotopic (exact) mass is 516 g/mol. The molecule has 0 aliphatic heterocycles. The van der Waals surface area contributed by atoms with Crippen molar-refractivity contribution in [3.63, 3.8) is 0 Å². The van der Waals surface area contributed by atoms with Crippen LogP contribution in [0.15, 0.2) is 48.9 Å². The number of aromatic nitrogens is 2. The third kappa shape index (κ3) is 4.34. The Hall–Kier alpha value is -2.30. The van der Waals surface area contributed by atoms with E-state index in [4.69, 9.17) is 16.1 Å². The average Bonchev–Trinajstić information content (AvgIpc) is 3.09. The van der Waals surface area contributed by atoms with Crippen LogP contribution < -0.4 is 5.43 Å². The zero-order valence-electron chi connectivity index (χ0n) is 13.1. The molecule has 0 atom stereocenters. The molecular weight excluding hydrogens is 510 g/mol. The SMILES string of the molecule is O=C(NN=Cc1cc(Br)c(O)c(Br)c1)c1nc(-c2c(F)cccc2Cl)no1. The molecule has 1 heterocycles. The number of hydrazone groups is 1. The number of carbonyl (C=O) groups is 1. The third-order valence-corrected chi connectivity index (χ3v) is 4.75.